The largest absolute Gasteiger partial charge is 0.356 e. The quantitative estimate of drug-likeness (QED) is 0.825. The number of hydrogen-bond donors (Lipinski definition) is 1. The second kappa shape index (κ2) is 5.00. The fourth-order valence-corrected chi connectivity index (χ4v) is 1.26. The third-order valence-corrected chi connectivity index (χ3v) is 2.20. The Bertz CT molecular complexity index is 302. The molecule has 78 valence electrons. The molecule has 1 rings (SSSR count). The molecule has 0 spiro atoms. The highest BCUT2D eigenvalue weighted by Crippen LogP contribution is 2.11. The predicted molar refractivity (Wildman–Crippen MR) is 55.3 cm³/mol. The molecule has 0 bridgehead atoms. The normalized spacial score (nSPS) is 10.2. The van der Waals surface area contributed by atoms with Crippen LogP contribution in [0.1, 0.15) is 19.0 Å². The second-order valence-corrected chi connectivity index (χ2v) is 3.44. The zero-order valence-electron chi connectivity index (χ0n) is 8.38. The maximum Gasteiger partial charge on any atom is 0.221 e. The Morgan fingerprint density at radius 2 is 2.43 bits per heavy atom. The lowest BCUT2D eigenvalue weighted by molar-refractivity contribution is -0.121. The second-order valence-electron chi connectivity index (χ2n) is 3.03. The van der Waals surface area contributed by atoms with Crippen LogP contribution in [0.2, 0.25) is 5.02 Å². The third-order valence-electron chi connectivity index (χ3n) is 1.83. The molecule has 1 N–H and O–H groups in total. The number of amides is 1. The molecule has 1 aromatic rings. The zero-order chi connectivity index (χ0) is 10.6. The first-order valence-electron chi connectivity index (χ1n) is 4.59. The van der Waals surface area contributed by atoms with Crippen LogP contribution in [-0.4, -0.2) is 22.2 Å². The minimum Gasteiger partial charge on any atom is -0.356 e. The highest BCUT2D eigenvalue weighted by Gasteiger charge is 2.03. The average molecular weight is 216 g/mol. The number of aromatic nitrogens is 2. The Morgan fingerprint density at radius 1 is 1.71 bits per heavy atom. The van der Waals surface area contributed by atoms with Crippen molar-refractivity contribution in [3.05, 3.63) is 16.9 Å². The smallest absolute Gasteiger partial charge is 0.221 e. The first-order valence-corrected chi connectivity index (χ1v) is 4.97. The van der Waals surface area contributed by atoms with Crippen molar-refractivity contribution in [1.82, 2.24) is 15.1 Å². The molecule has 0 saturated carbocycles. The number of aryl methyl sites for hydroxylation is 2. The van der Waals surface area contributed by atoms with Crippen molar-refractivity contribution in [2.45, 2.75) is 26.8 Å². The average Bonchev–Trinajstić information content (AvgIpc) is 2.44. The highest BCUT2D eigenvalue weighted by atomic mass is 35.5. The summed E-state index contributed by atoms with van der Waals surface area (Å²) in [5, 5.41) is 7.51. The lowest BCUT2D eigenvalue weighted by atomic mass is 10.4. The van der Waals surface area contributed by atoms with E-state index in [0.29, 0.717) is 24.5 Å². The predicted octanol–water partition coefficient (Wildman–Crippen LogP) is 1.37. The molecule has 5 heteroatoms. The molecule has 14 heavy (non-hydrogen) atoms. The van der Waals surface area contributed by atoms with Crippen molar-refractivity contribution in [3.8, 4) is 0 Å². The molecular formula is C9H14ClN3O. The van der Waals surface area contributed by atoms with Crippen LogP contribution in [0.25, 0.3) is 0 Å². The fraction of sp³-hybridized carbons (Fsp3) is 0.556. The summed E-state index contributed by atoms with van der Waals surface area (Å²) in [6.07, 6.45) is 2.17. The molecule has 0 atom stereocenters. The van der Waals surface area contributed by atoms with Gasteiger partial charge in [-0.3, -0.25) is 9.48 Å². The number of carbonyl (C=O) groups excluding carboxylic acids is 1. The topological polar surface area (TPSA) is 46.9 Å². The van der Waals surface area contributed by atoms with E-state index in [1.165, 1.54) is 0 Å². The minimum atomic E-state index is 0.0387. The number of nitrogens with zero attached hydrogens (tertiary/aromatic N) is 2. The first-order chi connectivity index (χ1) is 6.63. The van der Waals surface area contributed by atoms with E-state index in [4.69, 9.17) is 11.6 Å². The van der Waals surface area contributed by atoms with Crippen LogP contribution in [-0.2, 0) is 11.3 Å². The summed E-state index contributed by atoms with van der Waals surface area (Å²) < 4.78 is 1.69. The molecule has 1 aromatic heterocycles. The molecule has 0 aliphatic heterocycles. The highest BCUT2D eigenvalue weighted by molar-refractivity contribution is 6.31. The monoisotopic (exact) mass is 215 g/mol. The van der Waals surface area contributed by atoms with Crippen LogP contribution in [0.3, 0.4) is 0 Å². The molecule has 0 unspecified atom stereocenters. The Hall–Kier alpha value is -1.03. The van der Waals surface area contributed by atoms with Crippen LogP contribution in [0.4, 0.5) is 0 Å². The van der Waals surface area contributed by atoms with Gasteiger partial charge < -0.3 is 5.32 Å². The van der Waals surface area contributed by atoms with Crippen LogP contribution < -0.4 is 5.32 Å². The summed E-state index contributed by atoms with van der Waals surface area (Å²) in [7, 11) is 0. The van der Waals surface area contributed by atoms with Crippen molar-refractivity contribution in [2.24, 2.45) is 0 Å². The van der Waals surface area contributed by atoms with Crippen LogP contribution in [0.15, 0.2) is 6.20 Å². The van der Waals surface area contributed by atoms with Crippen molar-refractivity contribution >= 4 is 17.5 Å². The molecule has 0 saturated heterocycles. The number of nitrogens with one attached hydrogen (secondary N) is 1. The van der Waals surface area contributed by atoms with Gasteiger partial charge in [0.2, 0.25) is 5.91 Å². The maximum absolute atomic E-state index is 11.1. The molecule has 0 fully saturated rings. The molecular weight excluding hydrogens is 202 g/mol. The van der Waals surface area contributed by atoms with Gasteiger partial charge in [-0.1, -0.05) is 11.6 Å². The Morgan fingerprint density at radius 3 is 2.93 bits per heavy atom. The van der Waals surface area contributed by atoms with Crippen molar-refractivity contribution in [2.75, 3.05) is 6.54 Å². The Kier molecular flexibility index (Phi) is 3.95. The van der Waals surface area contributed by atoms with Crippen LogP contribution in [0.5, 0.6) is 0 Å². The van der Waals surface area contributed by atoms with Gasteiger partial charge in [0.05, 0.1) is 10.7 Å². The summed E-state index contributed by atoms with van der Waals surface area (Å²) in [4.78, 5) is 11.1. The third kappa shape index (κ3) is 3.03. The number of rotatable bonds is 4. The summed E-state index contributed by atoms with van der Waals surface area (Å²) in [5.74, 6) is 0.0387. The Labute approximate surface area is 88.2 Å². The van der Waals surface area contributed by atoms with Crippen molar-refractivity contribution in [1.29, 1.82) is 0 Å². The van der Waals surface area contributed by atoms with Gasteiger partial charge in [0.25, 0.3) is 0 Å². The Balaban J connectivity index is 2.42. The molecule has 1 heterocycles. The molecule has 4 nitrogen and oxygen atoms in total. The van der Waals surface area contributed by atoms with E-state index in [2.05, 4.69) is 10.4 Å². The van der Waals surface area contributed by atoms with Gasteiger partial charge in [0.15, 0.2) is 0 Å². The van der Waals surface area contributed by atoms with Crippen LogP contribution in [0, 0.1) is 6.92 Å². The van der Waals surface area contributed by atoms with E-state index in [1.54, 1.807) is 10.9 Å². The maximum atomic E-state index is 11.1. The van der Waals surface area contributed by atoms with Crippen molar-refractivity contribution < 1.29 is 4.79 Å². The van der Waals surface area contributed by atoms with Crippen LogP contribution >= 0.6 is 11.6 Å². The van der Waals surface area contributed by atoms with Gasteiger partial charge >= 0.3 is 0 Å². The summed E-state index contributed by atoms with van der Waals surface area (Å²) in [6.45, 7) is 4.97. The summed E-state index contributed by atoms with van der Waals surface area (Å²) in [5.41, 5.74) is 0.794. The number of hydrogen-bond acceptors (Lipinski definition) is 2. The summed E-state index contributed by atoms with van der Waals surface area (Å²) >= 11 is 5.82. The minimum absolute atomic E-state index is 0.0387. The standard InChI is InChI=1S/C9H14ClN3O/c1-3-11-9(14)4-5-13-6-8(10)7(2)12-13/h6H,3-5H2,1-2H3,(H,11,14). The summed E-state index contributed by atoms with van der Waals surface area (Å²) in [6, 6.07) is 0. The van der Waals surface area contributed by atoms with Gasteiger partial charge in [-0.15, -0.1) is 0 Å². The molecule has 1 amide bonds. The van der Waals surface area contributed by atoms with E-state index < -0.39 is 0 Å². The van der Waals surface area contributed by atoms with Gasteiger partial charge in [-0.2, -0.15) is 5.10 Å². The van der Waals surface area contributed by atoms with E-state index in [-0.39, 0.29) is 5.91 Å². The van der Waals surface area contributed by atoms with E-state index >= 15 is 0 Å². The van der Waals surface area contributed by atoms with Crippen molar-refractivity contribution in [3.63, 3.8) is 0 Å². The van der Waals surface area contributed by atoms with E-state index in [0.717, 1.165) is 5.69 Å². The van der Waals surface area contributed by atoms with Gasteiger partial charge in [0, 0.05) is 25.7 Å². The SMILES string of the molecule is CCNC(=O)CCn1cc(Cl)c(C)n1. The van der Waals surface area contributed by atoms with Gasteiger partial charge in [0.1, 0.15) is 0 Å². The molecule has 0 radical (unpaired) electrons. The first kappa shape index (κ1) is 11.0. The van der Waals surface area contributed by atoms with Gasteiger partial charge in [-0.05, 0) is 13.8 Å². The van der Waals surface area contributed by atoms with Gasteiger partial charge in [-0.25, -0.2) is 0 Å². The van der Waals surface area contributed by atoms with E-state index in [1.807, 2.05) is 13.8 Å². The fourth-order valence-electron chi connectivity index (χ4n) is 1.11. The lowest BCUT2D eigenvalue weighted by Crippen LogP contribution is -2.23. The molecule has 0 aliphatic carbocycles. The molecule has 0 aromatic carbocycles. The number of carbonyl (C=O) groups is 1. The number of halogens is 1. The zero-order valence-corrected chi connectivity index (χ0v) is 9.14. The lowest BCUT2D eigenvalue weighted by Gasteiger charge is -2.01. The molecule has 0 aliphatic rings. The van der Waals surface area contributed by atoms with E-state index in [9.17, 15) is 4.79 Å².